The third kappa shape index (κ3) is 32.4. The topological polar surface area (TPSA) is 121 Å². The van der Waals surface area contributed by atoms with Crippen LogP contribution in [0.25, 0.3) is 0 Å². The van der Waals surface area contributed by atoms with Crippen LogP contribution in [0, 0.1) is 13.8 Å². The Hall–Kier alpha value is 0.903. The van der Waals surface area contributed by atoms with Crippen molar-refractivity contribution < 1.29 is 47.7 Å². The molecule has 0 aliphatic heterocycles. The quantitative estimate of drug-likeness (QED) is 0.264. The van der Waals surface area contributed by atoms with E-state index < -0.39 is 13.4 Å². The molecule has 6 nitrogen and oxygen atoms in total. The van der Waals surface area contributed by atoms with Gasteiger partial charge in [0.05, 0.1) is 0 Å². The summed E-state index contributed by atoms with van der Waals surface area (Å²) in [6, 6.07) is 6.69. The fourth-order valence-electron chi connectivity index (χ4n) is 1.07. The van der Waals surface area contributed by atoms with Gasteiger partial charge in [-0.25, -0.2) is 0 Å². The molecule has 0 saturated heterocycles. The molecule has 0 bridgehead atoms. The first kappa shape index (κ1) is 22.2. The molecular weight excluding hydrogens is 384 g/mol. The summed E-state index contributed by atoms with van der Waals surface area (Å²) in [6.07, 6.45) is 0. The van der Waals surface area contributed by atoms with Crippen LogP contribution in [0.1, 0.15) is 11.1 Å². The maximum Gasteiger partial charge on any atom is 0.319 e. The molecule has 0 amide bonds. The Kier molecular flexibility index (Phi) is 11.4. The first-order valence-corrected chi connectivity index (χ1v) is 11.5. The van der Waals surface area contributed by atoms with E-state index in [9.17, 15) is 0 Å². The van der Waals surface area contributed by atoms with E-state index in [0.717, 1.165) is 0 Å². The summed E-state index contributed by atoms with van der Waals surface area (Å²) in [5.41, 5.74) is 2.77. The van der Waals surface area contributed by atoms with Crippen LogP contribution >= 0.6 is 13.4 Å². The minimum absolute atomic E-state index is 1.27. The van der Waals surface area contributed by atoms with E-state index in [4.69, 9.17) is 29.4 Å². The van der Waals surface area contributed by atoms with Gasteiger partial charge in [-0.1, -0.05) is 0 Å². The average molecular weight is 399 g/mol. The predicted molar refractivity (Wildman–Crippen MR) is 77.4 cm³/mol. The summed E-state index contributed by atoms with van der Waals surface area (Å²) >= 11 is 8.47. The Bertz CT molecular complexity index is 399. The normalized spacial score (nSPS) is 10.8. The van der Waals surface area contributed by atoms with Crippen LogP contribution in [0.5, 0.6) is 0 Å². The Balaban J connectivity index is 0. The van der Waals surface area contributed by atoms with Crippen LogP contribution in [0.2, 0.25) is 0 Å². The van der Waals surface area contributed by atoms with Gasteiger partial charge < -0.3 is 29.4 Å². The van der Waals surface area contributed by atoms with Crippen LogP contribution in [0.15, 0.2) is 18.2 Å². The van der Waals surface area contributed by atoms with Crippen molar-refractivity contribution in [3.63, 3.8) is 0 Å². The van der Waals surface area contributed by atoms with Crippen LogP contribution in [0.4, 0.5) is 0 Å². The van der Waals surface area contributed by atoms with Gasteiger partial charge in [0.25, 0.3) is 0 Å². The third-order valence-electron chi connectivity index (χ3n) is 1.28. The molecule has 0 fully saturated rings. The van der Waals surface area contributed by atoms with E-state index >= 15 is 0 Å². The predicted octanol–water partition coefficient (Wildman–Crippen LogP) is -0.149. The standard InChI is InChI=1S/C8H9.2H3O3PS.Zn/c1-7-4-3-5-8(2)6-7;2*1-4(2,3)5;/h4-6H,1-2H3;2*(H3,1,2,3,5);. The number of benzene rings is 1. The van der Waals surface area contributed by atoms with Gasteiger partial charge >= 0.3 is 79.1 Å². The Morgan fingerprint density at radius 3 is 1.16 bits per heavy atom. The van der Waals surface area contributed by atoms with Crippen molar-refractivity contribution >= 4 is 41.2 Å². The number of hydrogen-bond acceptors (Lipinski definition) is 2. The summed E-state index contributed by atoms with van der Waals surface area (Å²) in [5, 5.41) is 0. The second-order valence-electron chi connectivity index (χ2n) is 3.52. The maximum atomic E-state index is 7.56. The molecule has 0 heterocycles. The summed E-state index contributed by atoms with van der Waals surface area (Å²) in [4.78, 5) is 45.3. The molecule has 0 radical (unpaired) electrons. The summed E-state index contributed by atoms with van der Waals surface area (Å²) < 4.78 is 1.48. The van der Waals surface area contributed by atoms with E-state index in [1.165, 1.54) is 33.6 Å². The third-order valence-corrected chi connectivity index (χ3v) is 2.14. The van der Waals surface area contributed by atoms with Crippen molar-refractivity contribution in [1.29, 1.82) is 0 Å². The van der Waals surface area contributed by atoms with Crippen LogP contribution in [0.3, 0.4) is 0 Å². The molecule has 19 heavy (non-hydrogen) atoms. The van der Waals surface area contributed by atoms with Crippen molar-refractivity contribution in [2.75, 3.05) is 0 Å². The Labute approximate surface area is 131 Å². The first-order valence-electron chi connectivity index (χ1n) is 4.65. The molecule has 0 aliphatic carbocycles. The minimum Gasteiger partial charge on any atom is -0.325 e. The van der Waals surface area contributed by atoms with Crippen LogP contribution in [-0.4, -0.2) is 29.4 Å². The van der Waals surface area contributed by atoms with E-state index in [-0.39, 0.29) is 0 Å². The molecule has 0 aliphatic rings. The smallest absolute Gasteiger partial charge is 0.319 e. The van der Waals surface area contributed by atoms with Crippen molar-refractivity contribution in [1.82, 2.24) is 0 Å². The van der Waals surface area contributed by atoms with E-state index in [1.807, 2.05) is 0 Å². The zero-order chi connectivity index (χ0) is 15.9. The van der Waals surface area contributed by atoms with Gasteiger partial charge in [-0.05, 0) is 23.6 Å². The molecule has 107 valence electrons. The van der Waals surface area contributed by atoms with Gasteiger partial charge in [-0.15, -0.1) is 0 Å². The fourth-order valence-corrected chi connectivity index (χ4v) is 2.42. The fraction of sp³-hybridized carbons (Fsp3) is 0.250. The summed E-state index contributed by atoms with van der Waals surface area (Å²) in [5.74, 6) is 0. The molecule has 1 aromatic rings. The maximum absolute atomic E-state index is 7.56. The molecule has 0 aromatic heterocycles. The summed E-state index contributed by atoms with van der Waals surface area (Å²) in [6.45, 7) is -3.32. The molecular formula is C8H15O6P2S2Zn. The second kappa shape index (κ2) is 9.77. The zero-order valence-corrected chi connectivity index (χ0v) is 16.7. The minimum atomic E-state index is -3.81. The summed E-state index contributed by atoms with van der Waals surface area (Å²) in [7, 11) is 0. The Morgan fingerprint density at radius 1 is 0.789 bits per heavy atom. The van der Waals surface area contributed by atoms with Gasteiger partial charge in [-0.3, -0.25) is 0 Å². The number of hydrogen-bond donors (Lipinski definition) is 6. The van der Waals surface area contributed by atoms with Gasteiger partial charge in [0.2, 0.25) is 0 Å². The first-order chi connectivity index (χ1) is 8.18. The molecule has 1 rings (SSSR count). The second-order valence-corrected chi connectivity index (χ2v) is 10.2. The van der Waals surface area contributed by atoms with Gasteiger partial charge in [0.1, 0.15) is 0 Å². The molecule has 0 spiro atoms. The number of rotatable bonds is 0. The molecule has 0 atom stereocenters. The van der Waals surface area contributed by atoms with Crippen molar-refractivity contribution in [3.05, 3.63) is 29.3 Å². The van der Waals surface area contributed by atoms with Crippen molar-refractivity contribution in [2.24, 2.45) is 0 Å². The molecule has 0 saturated carbocycles. The van der Waals surface area contributed by atoms with Crippen molar-refractivity contribution in [3.8, 4) is 0 Å². The monoisotopic (exact) mass is 397 g/mol. The largest absolute Gasteiger partial charge is 0.325 e. The van der Waals surface area contributed by atoms with E-state index in [0.29, 0.717) is 0 Å². The van der Waals surface area contributed by atoms with Crippen LogP contribution < -0.4 is 4.16 Å². The molecule has 1 aromatic carbocycles. The van der Waals surface area contributed by atoms with Gasteiger partial charge in [-0.2, -0.15) is 0 Å². The van der Waals surface area contributed by atoms with Gasteiger partial charge in [0.15, 0.2) is 0 Å². The van der Waals surface area contributed by atoms with E-state index in [1.54, 1.807) is 0 Å². The molecule has 6 N–H and O–H groups in total. The van der Waals surface area contributed by atoms with Crippen LogP contribution in [-0.2, 0) is 41.9 Å². The average Bonchev–Trinajstić information content (AvgIpc) is 1.91. The Morgan fingerprint density at radius 2 is 1.00 bits per heavy atom. The molecule has 11 heteroatoms. The molecule has 0 unspecified atom stereocenters. The van der Waals surface area contributed by atoms with Gasteiger partial charge in [0, 0.05) is 0 Å². The van der Waals surface area contributed by atoms with Crippen molar-refractivity contribution in [2.45, 2.75) is 13.8 Å². The van der Waals surface area contributed by atoms with E-state index in [2.05, 4.69) is 55.7 Å². The SMILES string of the molecule is Cc1cc(C)c[c]([Zn])c1.OP(O)(O)=S.OP(O)(O)=S. The zero-order valence-electron chi connectivity index (χ0n) is 10.3. The number of aryl methyl sites for hydroxylation is 2.